The van der Waals surface area contributed by atoms with E-state index >= 15 is 0 Å². The maximum Gasteiger partial charge on any atom is 0.249 e. The molecule has 3 heteroatoms. The second kappa shape index (κ2) is 6.46. The molecule has 0 heterocycles. The Bertz CT molecular complexity index is 340. The minimum atomic E-state index is -0.278. The first-order valence-corrected chi connectivity index (χ1v) is 8.64. The summed E-state index contributed by atoms with van der Waals surface area (Å²) < 4.78 is 5.66. The third-order valence-corrected chi connectivity index (χ3v) is 5.53. The lowest BCUT2D eigenvalue weighted by molar-refractivity contribution is -0.133. The first-order chi connectivity index (χ1) is 9.72. The van der Waals surface area contributed by atoms with Gasteiger partial charge < -0.3 is 10.1 Å². The van der Waals surface area contributed by atoms with Crippen molar-refractivity contribution in [2.75, 3.05) is 6.61 Å². The van der Waals surface area contributed by atoms with E-state index in [1.807, 2.05) is 6.92 Å². The average Bonchev–Trinajstić information content (AvgIpc) is 3.28. The monoisotopic (exact) mass is 279 g/mol. The molecule has 3 nitrogen and oxygen atoms in total. The van der Waals surface area contributed by atoms with Crippen LogP contribution >= 0.6 is 0 Å². The highest BCUT2D eigenvalue weighted by Gasteiger charge is 2.33. The van der Waals surface area contributed by atoms with Crippen molar-refractivity contribution in [3.05, 3.63) is 0 Å². The first kappa shape index (κ1) is 14.4. The normalized spacial score (nSPS) is 35.1. The maximum absolute atomic E-state index is 12.2. The number of nitrogens with one attached hydrogen (secondary N) is 1. The predicted molar refractivity (Wildman–Crippen MR) is 79.4 cm³/mol. The van der Waals surface area contributed by atoms with Crippen molar-refractivity contribution in [2.45, 2.75) is 76.9 Å². The van der Waals surface area contributed by atoms with Crippen molar-refractivity contribution < 1.29 is 9.53 Å². The summed E-state index contributed by atoms with van der Waals surface area (Å²) in [5.74, 6) is 2.64. The lowest BCUT2D eigenvalue weighted by atomic mass is 9.69. The summed E-state index contributed by atoms with van der Waals surface area (Å²) in [5, 5.41) is 3.23. The van der Waals surface area contributed by atoms with Crippen LogP contribution in [-0.4, -0.2) is 24.7 Å². The Balaban J connectivity index is 1.41. The molecule has 3 aliphatic carbocycles. The molecular weight excluding hydrogens is 250 g/mol. The van der Waals surface area contributed by atoms with Crippen LogP contribution < -0.4 is 5.32 Å². The molecule has 0 aromatic heterocycles. The van der Waals surface area contributed by atoms with E-state index < -0.39 is 0 Å². The number of ether oxygens (including phenoxy) is 1. The summed E-state index contributed by atoms with van der Waals surface area (Å²) in [6.07, 6.45) is 11.6. The smallest absolute Gasteiger partial charge is 0.249 e. The van der Waals surface area contributed by atoms with Crippen LogP contribution in [0.5, 0.6) is 0 Å². The van der Waals surface area contributed by atoms with Crippen LogP contribution in [0.3, 0.4) is 0 Å². The van der Waals surface area contributed by atoms with Gasteiger partial charge in [0.05, 0.1) is 6.61 Å². The van der Waals surface area contributed by atoms with Crippen LogP contribution in [0, 0.1) is 17.8 Å². The molecular formula is C17H29NO2. The topological polar surface area (TPSA) is 38.3 Å². The Morgan fingerprint density at radius 3 is 2.60 bits per heavy atom. The highest BCUT2D eigenvalue weighted by Crippen LogP contribution is 2.40. The quantitative estimate of drug-likeness (QED) is 0.838. The zero-order chi connectivity index (χ0) is 13.9. The van der Waals surface area contributed by atoms with Gasteiger partial charge in [-0.2, -0.15) is 0 Å². The van der Waals surface area contributed by atoms with E-state index in [1.54, 1.807) is 0 Å². The Morgan fingerprint density at radius 2 is 1.85 bits per heavy atom. The molecule has 3 saturated carbocycles. The van der Waals surface area contributed by atoms with Gasteiger partial charge in [0.2, 0.25) is 5.91 Å². The van der Waals surface area contributed by atoms with Gasteiger partial charge in [0.1, 0.15) is 6.10 Å². The van der Waals surface area contributed by atoms with Gasteiger partial charge in [0, 0.05) is 6.04 Å². The van der Waals surface area contributed by atoms with E-state index in [4.69, 9.17) is 4.74 Å². The fourth-order valence-electron chi connectivity index (χ4n) is 3.96. The molecule has 0 radical (unpaired) electrons. The predicted octanol–water partition coefficient (Wildman–Crippen LogP) is 3.28. The van der Waals surface area contributed by atoms with E-state index in [9.17, 15) is 4.79 Å². The van der Waals surface area contributed by atoms with Crippen LogP contribution in [-0.2, 0) is 9.53 Å². The molecule has 20 heavy (non-hydrogen) atoms. The molecule has 0 spiro atoms. The molecule has 0 saturated heterocycles. The summed E-state index contributed by atoms with van der Waals surface area (Å²) in [7, 11) is 0. The third-order valence-electron chi connectivity index (χ3n) is 5.53. The number of carbonyl (C=O) groups excluding carboxylic acids is 1. The van der Waals surface area contributed by atoms with Crippen molar-refractivity contribution in [1.29, 1.82) is 0 Å². The first-order valence-electron chi connectivity index (χ1n) is 8.64. The van der Waals surface area contributed by atoms with Gasteiger partial charge in [0.25, 0.3) is 0 Å². The zero-order valence-corrected chi connectivity index (χ0v) is 12.8. The molecule has 0 unspecified atom stereocenters. The van der Waals surface area contributed by atoms with E-state index in [0.717, 1.165) is 24.4 Å². The molecule has 1 N–H and O–H groups in total. The Labute approximate surface area is 122 Å². The fraction of sp³-hybridized carbons (Fsp3) is 0.941. The highest BCUT2D eigenvalue weighted by atomic mass is 16.5. The van der Waals surface area contributed by atoms with Gasteiger partial charge in [-0.3, -0.25) is 4.79 Å². The summed E-state index contributed by atoms with van der Waals surface area (Å²) in [6.45, 7) is 2.66. The Morgan fingerprint density at radius 1 is 1.10 bits per heavy atom. The number of fused-ring (bicyclic) bond motifs is 1. The summed E-state index contributed by atoms with van der Waals surface area (Å²) in [5.41, 5.74) is 0. The van der Waals surface area contributed by atoms with Crippen LogP contribution in [0.4, 0.5) is 0 Å². The van der Waals surface area contributed by atoms with Gasteiger partial charge >= 0.3 is 0 Å². The van der Waals surface area contributed by atoms with Crippen LogP contribution in [0.2, 0.25) is 0 Å². The Hall–Kier alpha value is -0.570. The SMILES string of the molecule is C[C@H](OCC1CC1)C(=O)N[C@@H]1CC[C@@H]2CCCC[C@H]2C1. The molecule has 0 aliphatic heterocycles. The van der Waals surface area contributed by atoms with Crippen molar-refractivity contribution in [1.82, 2.24) is 5.32 Å². The molecule has 4 atom stereocenters. The van der Waals surface area contributed by atoms with E-state index in [1.165, 1.54) is 57.8 Å². The molecule has 0 aromatic carbocycles. The van der Waals surface area contributed by atoms with Crippen LogP contribution in [0.1, 0.15) is 64.7 Å². The molecule has 114 valence electrons. The Kier molecular flexibility index (Phi) is 4.65. The van der Waals surface area contributed by atoms with Gasteiger partial charge in [-0.05, 0) is 56.8 Å². The van der Waals surface area contributed by atoms with E-state index in [2.05, 4.69) is 5.32 Å². The van der Waals surface area contributed by atoms with Crippen molar-refractivity contribution in [3.63, 3.8) is 0 Å². The fourth-order valence-corrected chi connectivity index (χ4v) is 3.96. The summed E-state index contributed by atoms with van der Waals surface area (Å²) in [4.78, 5) is 12.2. The molecule has 1 amide bonds. The maximum atomic E-state index is 12.2. The molecule has 3 fully saturated rings. The average molecular weight is 279 g/mol. The summed E-state index contributed by atoms with van der Waals surface area (Å²) in [6, 6.07) is 0.397. The molecule has 3 rings (SSSR count). The minimum Gasteiger partial charge on any atom is -0.368 e. The zero-order valence-electron chi connectivity index (χ0n) is 12.8. The number of rotatable bonds is 5. The van der Waals surface area contributed by atoms with E-state index in [0.29, 0.717) is 6.04 Å². The largest absolute Gasteiger partial charge is 0.368 e. The van der Waals surface area contributed by atoms with Crippen molar-refractivity contribution >= 4 is 5.91 Å². The number of hydrogen-bond acceptors (Lipinski definition) is 2. The van der Waals surface area contributed by atoms with E-state index in [-0.39, 0.29) is 12.0 Å². The number of hydrogen-bond donors (Lipinski definition) is 1. The lowest BCUT2D eigenvalue weighted by Gasteiger charge is -2.39. The molecule has 0 aromatic rings. The van der Waals surface area contributed by atoms with Gasteiger partial charge in [-0.1, -0.05) is 25.7 Å². The van der Waals surface area contributed by atoms with Crippen LogP contribution in [0.15, 0.2) is 0 Å². The molecule has 0 bridgehead atoms. The number of amides is 1. The van der Waals surface area contributed by atoms with Crippen LogP contribution in [0.25, 0.3) is 0 Å². The van der Waals surface area contributed by atoms with Gasteiger partial charge in [0.15, 0.2) is 0 Å². The second-order valence-corrected chi connectivity index (χ2v) is 7.24. The standard InChI is InChI=1S/C17H29NO2/c1-12(20-11-13-6-7-13)17(19)18-16-9-8-14-4-2-3-5-15(14)10-16/h12-16H,2-11H2,1H3,(H,18,19)/t12-,14-,15-,16+/m0/s1. The van der Waals surface area contributed by atoms with Gasteiger partial charge in [-0.25, -0.2) is 0 Å². The van der Waals surface area contributed by atoms with Gasteiger partial charge in [-0.15, -0.1) is 0 Å². The third kappa shape index (κ3) is 3.75. The number of carbonyl (C=O) groups is 1. The summed E-state index contributed by atoms with van der Waals surface area (Å²) >= 11 is 0. The highest BCUT2D eigenvalue weighted by molar-refractivity contribution is 5.80. The minimum absolute atomic E-state index is 0.102. The molecule has 3 aliphatic rings. The van der Waals surface area contributed by atoms with Crippen molar-refractivity contribution in [2.24, 2.45) is 17.8 Å². The van der Waals surface area contributed by atoms with Crippen molar-refractivity contribution in [3.8, 4) is 0 Å². The second-order valence-electron chi connectivity index (χ2n) is 7.24. The lowest BCUT2D eigenvalue weighted by Crippen LogP contribution is -2.45.